The van der Waals surface area contributed by atoms with Crippen LogP contribution >= 0.6 is 11.8 Å². The summed E-state index contributed by atoms with van der Waals surface area (Å²) < 4.78 is 14.2. The first-order chi connectivity index (χ1) is 14.1. The Morgan fingerprint density at radius 1 is 1.17 bits per heavy atom. The van der Waals surface area contributed by atoms with Crippen molar-refractivity contribution in [3.05, 3.63) is 71.7 Å². The summed E-state index contributed by atoms with van der Waals surface area (Å²) >= 11 is 1.51. The van der Waals surface area contributed by atoms with Gasteiger partial charge in [-0.2, -0.15) is 0 Å². The molecule has 144 valence electrons. The lowest BCUT2D eigenvalue weighted by Gasteiger charge is -2.21. The second kappa shape index (κ2) is 7.98. The zero-order valence-corrected chi connectivity index (χ0v) is 16.8. The minimum atomic E-state index is -0.409. The lowest BCUT2D eigenvalue weighted by molar-refractivity contribution is 0.0987. The van der Waals surface area contributed by atoms with Crippen LogP contribution in [0.3, 0.4) is 0 Å². The number of nitrogens with one attached hydrogen (secondary N) is 1. The highest BCUT2D eigenvalue weighted by molar-refractivity contribution is 7.99. The van der Waals surface area contributed by atoms with Crippen LogP contribution in [-0.4, -0.2) is 17.4 Å². The molecule has 0 radical (unpaired) electrons. The molecule has 1 N–H and O–H groups in total. The molecule has 4 rings (SSSR count). The standard InChI is InChI=1S/C23H18FN3OS/c1-3-4-11-27-19-10-9-16(26-22-18(24)12-15(2)14-25-22)13-21(19)29-20-8-6-5-7-17(20)23(27)28/h5-10,12-14H,11H2,1-2H3,(H,25,26). The average molecular weight is 403 g/mol. The highest BCUT2D eigenvalue weighted by Gasteiger charge is 2.27. The van der Waals surface area contributed by atoms with Crippen molar-refractivity contribution in [1.82, 2.24) is 4.98 Å². The molecule has 29 heavy (non-hydrogen) atoms. The maximum atomic E-state index is 14.2. The van der Waals surface area contributed by atoms with E-state index in [4.69, 9.17) is 0 Å². The van der Waals surface area contributed by atoms with E-state index in [9.17, 15) is 9.18 Å². The third-order valence-corrected chi connectivity index (χ3v) is 5.61. The molecule has 4 nitrogen and oxygen atoms in total. The SMILES string of the molecule is CC#CCN1C(=O)c2ccccc2Sc2cc(Nc3ncc(C)cc3F)ccc21. The second-order valence-corrected chi connectivity index (χ2v) is 7.65. The molecule has 1 amide bonds. The molecular formula is C23H18FN3OS. The number of fused-ring (bicyclic) bond motifs is 2. The van der Waals surface area contributed by atoms with E-state index in [1.165, 1.54) is 17.8 Å². The minimum Gasteiger partial charge on any atom is -0.338 e. The minimum absolute atomic E-state index is 0.0819. The van der Waals surface area contributed by atoms with Crippen LogP contribution in [0.25, 0.3) is 0 Å². The van der Waals surface area contributed by atoms with Gasteiger partial charge in [0.05, 0.1) is 17.8 Å². The van der Waals surface area contributed by atoms with E-state index in [-0.39, 0.29) is 11.7 Å². The van der Waals surface area contributed by atoms with Crippen LogP contribution in [0.1, 0.15) is 22.8 Å². The van der Waals surface area contributed by atoms with Gasteiger partial charge in [-0.3, -0.25) is 9.69 Å². The number of carbonyl (C=O) groups is 1. The van der Waals surface area contributed by atoms with Gasteiger partial charge in [0.1, 0.15) is 0 Å². The van der Waals surface area contributed by atoms with Crippen LogP contribution in [0.5, 0.6) is 0 Å². The van der Waals surface area contributed by atoms with Crippen LogP contribution in [0, 0.1) is 24.6 Å². The Kier molecular flexibility index (Phi) is 5.24. The summed E-state index contributed by atoms with van der Waals surface area (Å²) in [5.41, 5.74) is 2.88. The van der Waals surface area contributed by atoms with Crippen molar-refractivity contribution in [1.29, 1.82) is 0 Å². The van der Waals surface area contributed by atoms with Gasteiger partial charge in [0.25, 0.3) is 5.91 Å². The van der Waals surface area contributed by atoms with E-state index in [0.29, 0.717) is 17.8 Å². The molecule has 0 atom stereocenters. The van der Waals surface area contributed by atoms with E-state index in [0.717, 1.165) is 21.0 Å². The first kappa shape index (κ1) is 19.0. The lowest BCUT2D eigenvalue weighted by atomic mass is 10.1. The van der Waals surface area contributed by atoms with E-state index in [1.807, 2.05) is 42.5 Å². The zero-order chi connectivity index (χ0) is 20.4. The fourth-order valence-electron chi connectivity index (χ4n) is 3.08. The van der Waals surface area contributed by atoms with E-state index >= 15 is 0 Å². The number of hydrogen-bond acceptors (Lipinski definition) is 4. The number of nitrogens with zero attached hydrogens (tertiary/aromatic N) is 2. The fourth-order valence-corrected chi connectivity index (χ4v) is 4.20. The third kappa shape index (κ3) is 3.82. The molecule has 0 aliphatic carbocycles. The van der Waals surface area contributed by atoms with Gasteiger partial charge < -0.3 is 5.32 Å². The number of amides is 1. The molecule has 2 aromatic carbocycles. The van der Waals surface area contributed by atoms with Gasteiger partial charge in [-0.05, 0) is 55.8 Å². The second-order valence-electron chi connectivity index (χ2n) is 6.57. The Morgan fingerprint density at radius 2 is 2.00 bits per heavy atom. The van der Waals surface area contributed by atoms with Crippen molar-refractivity contribution in [2.75, 3.05) is 16.8 Å². The van der Waals surface area contributed by atoms with Crippen LogP contribution in [0.4, 0.5) is 21.6 Å². The monoisotopic (exact) mass is 403 g/mol. The van der Waals surface area contributed by atoms with Crippen molar-refractivity contribution in [2.45, 2.75) is 23.6 Å². The van der Waals surface area contributed by atoms with Gasteiger partial charge in [-0.15, -0.1) is 5.92 Å². The van der Waals surface area contributed by atoms with Crippen LogP contribution < -0.4 is 10.2 Å². The van der Waals surface area contributed by atoms with E-state index in [2.05, 4.69) is 22.1 Å². The normalized spacial score (nSPS) is 12.4. The Hall–Kier alpha value is -3.30. The van der Waals surface area contributed by atoms with Gasteiger partial charge in [-0.25, -0.2) is 9.37 Å². The predicted molar refractivity (Wildman–Crippen MR) is 114 cm³/mol. The quantitative estimate of drug-likeness (QED) is 0.594. The molecule has 2 heterocycles. The van der Waals surface area contributed by atoms with Crippen molar-refractivity contribution < 1.29 is 9.18 Å². The first-order valence-electron chi connectivity index (χ1n) is 9.08. The summed E-state index contributed by atoms with van der Waals surface area (Å²) in [4.78, 5) is 20.7. The summed E-state index contributed by atoms with van der Waals surface area (Å²) in [6.07, 6.45) is 1.61. The van der Waals surface area contributed by atoms with Crippen LogP contribution in [0.2, 0.25) is 0 Å². The number of aryl methyl sites for hydroxylation is 1. The number of pyridine rings is 1. The van der Waals surface area contributed by atoms with Gasteiger partial charge >= 0.3 is 0 Å². The lowest BCUT2D eigenvalue weighted by Crippen LogP contribution is -2.31. The third-order valence-electron chi connectivity index (χ3n) is 4.49. The van der Waals surface area contributed by atoms with Gasteiger partial charge in [0.2, 0.25) is 0 Å². The molecule has 0 spiro atoms. The Bertz CT molecular complexity index is 1170. The topological polar surface area (TPSA) is 45.2 Å². The van der Waals surface area contributed by atoms with Crippen molar-refractivity contribution in [2.24, 2.45) is 0 Å². The number of anilines is 3. The number of carbonyl (C=O) groups excluding carboxylic acids is 1. The zero-order valence-electron chi connectivity index (χ0n) is 16.0. The van der Waals surface area contributed by atoms with Crippen molar-refractivity contribution in [3.8, 4) is 11.8 Å². The number of aromatic nitrogens is 1. The first-order valence-corrected chi connectivity index (χ1v) is 9.90. The largest absolute Gasteiger partial charge is 0.338 e. The molecule has 0 fully saturated rings. The fraction of sp³-hybridized carbons (Fsp3) is 0.130. The smallest absolute Gasteiger partial charge is 0.260 e. The Labute approximate surface area is 173 Å². The summed E-state index contributed by atoms with van der Waals surface area (Å²) in [5.74, 6) is 5.51. The number of benzene rings is 2. The number of rotatable bonds is 3. The maximum absolute atomic E-state index is 14.2. The molecule has 0 bridgehead atoms. The van der Waals surface area contributed by atoms with Crippen LogP contribution in [-0.2, 0) is 0 Å². The number of hydrogen-bond donors (Lipinski definition) is 1. The molecule has 0 saturated heterocycles. The molecular weight excluding hydrogens is 385 g/mol. The number of halogens is 1. The molecule has 1 aliphatic rings. The van der Waals surface area contributed by atoms with Gasteiger partial charge in [0, 0.05) is 21.7 Å². The molecule has 1 aromatic heterocycles. The van der Waals surface area contributed by atoms with Crippen molar-refractivity contribution in [3.63, 3.8) is 0 Å². The molecule has 1 aliphatic heterocycles. The van der Waals surface area contributed by atoms with Crippen molar-refractivity contribution >= 4 is 34.9 Å². The maximum Gasteiger partial charge on any atom is 0.260 e. The average Bonchev–Trinajstić information content (AvgIpc) is 2.82. The summed E-state index contributed by atoms with van der Waals surface area (Å²) in [5, 5.41) is 3.03. The van der Waals surface area contributed by atoms with Gasteiger partial charge in [-0.1, -0.05) is 29.8 Å². The Balaban J connectivity index is 1.76. The molecule has 6 heteroatoms. The predicted octanol–water partition coefficient (Wildman–Crippen LogP) is 5.41. The Morgan fingerprint density at radius 3 is 2.79 bits per heavy atom. The molecule has 0 unspecified atom stereocenters. The van der Waals surface area contributed by atoms with Gasteiger partial charge in [0.15, 0.2) is 11.6 Å². The summed E-state index contributed by atoms with van der Waals surface area (Å²) in [6.45, 7) is 3.85. The highest BCUT2D eigenvalue weighted by Crippen LogP contribution is 2.42. The van der Waals surface area contributed by atoms with Crippen LogP contribution in [0.15, 0.2) is 64.5 Å². The van der Waals surface area contributed by atoms with E-state index < -0.39 is 5.82 Å². The summed E-state index contributed by atoms with van der Waals surface area (Å²) in [7, 11) is 0. The van der Waals surface area contributed by atoms with E-state index in [1.54, 1.807) is 24.9 Å². The summed E-state index contributed by atoms with van der Waals surface area (Å²) in [6, 6.07) is 14.5. The highest BCUT2D eigenvalue weighted by atomic mass is 32.2. The molecule has 3 aromatic rings. The molecule has 0 saturated carbocycles.